The summed E-state index contributed by atoms with van der Waals surface area (Å²) in [6.45, 7) is 5.24. The van der Waals surface area contributed by atoms with Crippen LogP contribution in [0.1, 0.15) is 39.5 Å². The molecule has 1 aliphatic heterocycles. The number of hydrogen-bond donors (Lipinski definition) is 2. The Morgan fingerprint density at radius 1 is 1.56 bits per heavy atom. The zero-order valence-corrected chi connectivity index (χ0v) is 10.3. The number of carbonyl (C=O) groups is 1. The first-order valence-electron chi connectivity index (χ1n) is 6.03. The lowest BCUT2D eigenvalue weighted by atomic mass is 9.96. The Labute approximate surface area is 97.4 Å². The average Bonchev–Trinajstić information content (AvgIpc) is 2.27. The molecule has 16 heavy (non-hydrogen) atoms. The highest BCUT2D eigenvalue weighted by Crippen LogP contribution is 2.18. The van der Waals surface area contributed by atoms with Gasteiger partial charge in [0.15, 0.2) is 0 Å². The quantitative estimate of drug-likeness (QED) is 0.741. The van der Waals surface area contributed by atoms with Crippen molar-refractivity contribution < 1.29 is 14.6 Å². The number of aliphatic hydroxyl groups excluding tert-OH is 1. The largest absolute Gasteiger partial charge is 0.394 e. The van der Waals surface area contributed by atoms with E-state index in [0.717, 1.165) is 32.5 Å². The minimum Gasteiger partial charge on any atom is -0.394 e. The minimum absolute atomic E-state index is 0.0182. The van der Waals surface area contributed by atoms with Crippen molar-refractivity contribution in [1.29, 1.82) is 0 Å². The summed E-state index contributed by atoms with van der Waals surface area (Å²) in [5.74, 6) is 0.543. The van der Waals surface area contributed by atoms with Gasteiger partial charge in [0.05, 0.1) is 12.1 Å². The second kappa shape index (κ2) is 6.21. The Kier molecular flexibility index (Phi) is 5.22. The first-order chi connectivity index (χ1) is 7.53. The number of nitrogens with one attached hydrogen (secondary N) is 1. The Bertz CT molecular complexity index is 222. The lowest BCUT2D eigenvalue weighted by Gasteiger charge is -2.25. The van der Waals surface area contributed by atoms with Gasteiger partial charge in [0.2, 0.25) is 5.91 Å². The molecule has 0 saturated carbocycles. The molecule has 1 fully saturated rings. The maximum absolute atomic E-state index is 11.6. The molecule has 1 rings (SSSR count). The molecule has 1 heterocycles. The summed E-state index contributed by atoms with van der Waals surface area (Å²) in [6.07, 6.45) is 3.68. The first kappa shape index (κ1) is 13.5. The molecule has 4 nitrogen and oxygen atoms in total. The van der Waals surface area contributed by atoms with E-state index in [2.05, 4.69) is 5.32 Å². The van der Waals surface area contributed by atoms with Crippen LogP contribution in [0.2, 0.25) is 0 Å². The predicted octanol–water partition coefficient (Wildman–Crippen LogP) is 1.08. The maximum Gasteiger partial charge on any atom is 0.220 e. The van der Waals surface area contributed by atoms with Crippen molar-refractivity contribution in [2.75, 3.05) is 19.8 Å². The molecule has 1 saturated heterocycles. The summed E-state index contributed by atoms with van der Waals surface area (Å²) in [5, 5.41) is 11.8. The van der Waals surface area contributed by atoms with Gasteiger partial charge in [-0.25, -0.2) is 0 Å². The van der Waals surface area contributed by atoms with E-state index in [-0.39, 0.29) is 12.5 Å². The summed E-state index contributed by atoms with van der Waals surface area (Å²) in [7, 11) is 0. The number of hydrogen-bond acceptors (Lipinski definition) is 3. The van der Waals surface area contributed by atoms with Crippen LogP contribution in [-0.2, 0) is 9.53 Å². The number of carbonyl (C=O) groups excluding carboxylic acids is 1. The van der Waals surface area contributed by atoms with Gasteiger partial charge in [-0.1, -0.05) is 0 Å². The molecule has 0 aromatic carbocycles. The van der Waals surface area contributed by atoms with E-state index in [1.165, 1.54) is 0 Å². The molecule has 0 aromatic heterocycles. The summed E-state index contributed by atoms with van der Waals surface area (Å²) in [5.41, 5.74) is -0.514. The van der Waals surface area contributed by atoms with Crippen LogP contribution in [0.5, 0.6) is 0 Å². The summed E-state index contributed by atoms with van der Waals surface area (Å²) >= 11 is 0. The lowest BCUT2D eigenvalue weighted by Crippen LogP contribution is -2.46. The molecular formula is C12H23NO3. The third-order valence-electron chi connectivity index (χ3n) is 2.91. The second-order valence-electron chi connectivity index (χ2n) is 5.21. The molecule has 0 radical (unpaired) electrons. The zero-order valence-electron chi connectivity index (χ0n) is 10.3. The molecule has 94 valence electrons. The molecule has 0 aliphatic carbocycles. The van der Waals surface area contributed by atoms with Crippen molar-refractivity contribution in [2.24, 2.45) is 5.92 Å². The Morgan fingerprint density at radius 2 is 2.31 bits per heavy atom. The van der Waals surface area contributed by atoms with Crippen molar-refractivity contribution in [3.05, 3.63) is 0 Å². The number of aliphatic hydroxyl groups is 1. The normalized spacial score (nSPS) is 21.8. The fraction of sp³-hybridized carbons (Fsp3) is 0.917. The van der Waals surface area contributed by atoms with Crippen molar-refractivity contribution in [3.63, 3.8) is 0 Å². The second-order valence-corrected chi connectivity index (χ2v) is 5.21. The molecule has 1 unspecified atom stereocenters. The number of amides is 1. The van der Waals surface area contributed by atoms with E-state index >= 15 is 0 Å². The van der Waals surface area contributed by atoms with Crippen molar-refractivity contribution in [1.82, 2.24) is 5.32 Å². The standard InChI is InChI=1S/C12H23NO3/c1-12(2,9-14)13-11(15)6-5-10-4-3-7-16-8-10/h10,14H,3-9H2,1-2H3,(H,13,15). The van der Waals surface area contributed by atoms with Gasteiger partial charge in [-0.2, -0.15) is 0 Å². The van der Waals surface area contributed by atoms with Crippen LogP contribution in [0, 0.1) is 5.92 Å². The van der Waals surface area contributed by atoms with E-state index in [1.807, 2.05) is 13.8 Å². The van der Waals surface area contributed by atoms with E-state index in [9.17, 15) is 4.79 Å². The van der Waals surface area contributed by atoms with Gasteiger partial charge in [-0.3, -0.25) is 4.79 Å². The Balaban J connectivity index is 2.19. The summed E-state index contributed by atoms with van der Waals surface area (Å²) in [4.78, 5) is 11.6. The van der Waals surface area contributed by atoms with Crippen LogP contribution in [0.4, 0.5) is 0 Å². The molecule has 1 atom stereocenters. The summed E-state index contributed by atoms with van der Waals surface area (Å²) in [6, 6.07) is 0. The van der Waals surface area contributed by atoms with Crippen molar-refractivity contribution in [2.45, 2.75) is 45.1 Å². The fourth-order valence-corrected chi connectivity index (χ4v) is 1.85. The van der Waals surface area contributed by atoms with Crippen LogP contribution in [0.25, 0.3) is 0 Å². The van der Waals surface area contributed by atoms with Gasteiger partial charge < -0.3 is 15.2 Å². The van der Waals surface area contributed by atoms with Crippen LogP contribution in [0.15, 0.2) is 0 Å². The summed E-state index contributed by atoms with van der Waals surface area (Å²) < 4.78 is 5.36. The molecular weight excluding hydrogens is 206 g/mol. The zero-order chi connectivity index (χ0) is 12.0. The third-order valence-corrected chi connectivity index (χ3v) is 2.91. The van der Waals surface area contributed by atoms with E-state index in [4.69, 9.17) is 9.84 Å². The highest BCUT2D eigenvalue weighted by atomic mass is 16.5. The molecule has 2 N–H and O–H groups in total. The highest BCUT2D eigenvalue weighted by molar-refractivity contribution is 5.76. The smallest absolute Gasteiger partial charge is 0.220 e. The monoisotopic (exact) mass is 229 g/mol. The lowest BCUT2D eigenvalue weighted by molar-refractivity contribution is -0.123. The van der Waals surface area contributed by atoms with Gasteiger partial charge >= 0.3 is 0 Å². The first-order valence-corrected chi connectivity index (χ1v) is 6.03. The van der Waals surface area contributed by atoms with Gasteiger partial charge in [0, 0.05) is 19.6 Å². The maximum atomic E-state index is 11.6. The number of ether oxygens (including phenoxy) is 1. The van der Waals surface area contributed by atoms with Crippen LogP contribution >= 0.6 is 0 Å². The molecule has 0 spiro atoms. The van der Waals surface area contributed by atoms with Gasteiger partial charge in [0.1, 0.15) is 0 Å². The molecule has 0 aromatic rings. The molecule has 1 aliphatic rings. The Hall–Kier alpha value is -0.610. The van der Waals surface area contributed by atoms with Gasteiger partial charge in [-0.05, 0) is 39.0 Å². The highest BCUT2D eigenvalue weighted by Gasteiger charge is 2.20. The van der Waals surface area contributed by atoms with E-state index in [0.29, 0.717) is 12.3 Å². The SMILES string of the molecule is CC(C)(CO)NC(=O)CCC1CCCOC1. The molecule has 4 heteroatoms. The average molecular weight is 229 g/mol. The van der Waals surface area contributed by atoms with Crippen LogP contribution < -0.4 is 5.32 Å². The van der Waals surface area contributed by atoms with Gasteiger partial charge in [0.25, 0.3) is 0 Å². The third kappa shape index (κ3) is 4.94. The van der Waals surface area contributed by atoms with E-state index < -0.39 is 5.54 Å². The van der Waals surface area contributed by atoms with Gasteiger partial charge in [-0.15, -0.1) is 0 Å². The van der Waals surface area contributed by atoms with Crippen LogP contribution in [0.3, 0.4) is 0 Å². The molecule has 0 bridgehead atoms. The topological polar surface area (TPSA) is 58.6 Å². The van der Waals surface area contributed by atoms with Crippen molar-refractivity contribution >= 4 is 5.91 Å². The predicted molar refractivity (Wildman–Crippen MR) is 62.1 cm³/mol. The van der Waals surface area contributed by atoms with Crippen molar-refractivity contribution in [3.8, 4) is 0 Å². The van der Waals surface area contributed by atoms with Crippen LogP contribution in [-0.4, -0.2) is 36.4 Å². The number of rotatable bonds is 5. The Morgan fingerprint density at radius 3 is 2.88 bits per heavy atom. The minimum atomic E-state index is -0.514. The fourth-order valence-electron chi connectivity index (χ4n) is 1.85. The van der Waals surface area contributed by atoms with E-state index in [1.54, 1.807) is 0 Å². The molecule has 1 amide bonds.